The molecule has 1 aromatic rings. The van der Waals surface area contributed by atoms with Gasteiger partial charge in [-0.1, -0.05) is 25.1 Å². The second-order valence-corrected chi connectivity index (χ2v) is 5.28. The SMILES string of the molecule is CCc1ccccc1NC(=O)CN(C)CCSC. The van der Waals surface area contributed by atoms with Crippen molar-refractivity contribution in [2.45, 2.75) is 13.3 Å². The van der Waals surface area contributed by atoms with Crippen molar-refractivity contribution >= 4 is 23.4 Å². The van der Waals surface area contributed by atoms with E-state index in [0.717, 1.165) is 24.4 Å². The second kappa shape index (κ2) is 8.16. The van der Waals surface area contributed by atoms with E-state index < -0.39 is 0 Å². The molecule has 1 aromatic carbocycles. The van der Waals surface area contributed by atoms with Crippen molar-refractivity contribution in [1.82, 2.24) is 4.90 Å². The predicted octanol–water partition coefficient (Wildman–Crippen LogP) is 2.48. The summed E-state index contributed by atoms with van der Waals surface area (Å²) in [4.78, 5) is 13.9. The number of hydrogen-bond donors (Lipinski definition) is 1. The molecule has 0 aliphatic rings. The average molecular weight is 266 g/mol. The van der Waals surface area contributed by atoms with Crippen molar-refractivity contribution in [1.29, 1.82) is 0 Å². The third-order valence-electron chi connectivity index (χ3n) is 2.76. The van der Waals surface area contributed by atoms with Gasteiger partial charge >= 0.3 is 0 Å². The minimum Gasteiger partial charge on any atom is -0.325 e. The number of carbonyl (C=O) groups excluding carboxylic acids is 1. The van der Waals surface area contributed by atoms with Crippen molar-refractivity contribution < 1.29 is 4.79 Å². The lowest BCUT2D eigenvalue weighted by molar-refractivity contribution is -0.117. The van der Waals surface area contributed by atoms with Crippen LogP contribution in [0.25, 0.3) is 0 Å². The molecule has 0 bridgehead atoms. The number of carbonyl (C=O) groups is 1. The normalized spacial score (nSPS) is 10.7. The van der Waals surface area contributed by atoms with Crippen LogP contribution in [0.3, 0.4) is 0 Å². The van der Waals surface area contributed by atoms with Crippen LogP contribution in [-0.4, -0.2) is 43.0 Å². The van der Waals surface area contributed by atoms with Crippen LogP contribution in [0.15, 0.2) is 24.3 Å². The molecule has 0 atom stereocenters. The molecule has 0 fully saturated rings. The van der Waals surface area contributed by atoms with Gasteiger partial charge in [-0.3, -0.25) is 9.69 Å². The number of aryl methyl sites for hydroxylation is 1. The van der Waals surface area contributed by atoms with Gasteiger partial charge in [-0.05, 0) is 31.4 Å². The van der Waals surface area contributed by atoms with Crippen molar-refractivity contribution in [2.24, 2.45) is 0 Å². The maximum atomic E-state index is 11.9. The lowest BCUT2D eigenvalue weighted by Crippen LogP contribution is -2.31. The molecule has 1 N–H and O–H groups in total. The number of thioether (sulfide) groups is 1. The van der Waals surface area contributed by atoms with Crippen LogP contribution < -0.4 is 5.32 Å². The molecule has 0 saturated carbocycles. The fourth-order valence-corrected chi connectivity index (χ4v) is 2.21. The highest BCUT2D eigenvalue weighted by Crippen LogP contribution is 2.15. The number of anilines is 1. The molecule has 0 aromatic heterocycles. The third-order valence-corrected chi connectivity index (χ3v) is 3.35. The Kier molecular flexibility index (Phi) is 6.83. The van der Waals surface area contributed by atoms with E-state index in [1.807, 2.05) is 36.2 Å². The maximum Gasteiger partial charge on any atom is 0.238 e. The van der Waals surface area contributed by atoms with E-state index in [1.54, 1.807) is 11.8 Å². The predicted molar refractivity (Wildman–Crippen MR) is 80.3 cm³/mol. The zero-order chi connectivity index (χ0) is 13.4. The van der Waals surface area contributed by atoms with Gasteiger partial charge < -0.3 is 5.32 Å². The summed E-state index contributed by atoms with van der Waals surface area (Å²) in [7, 11) is 1.97. The van der Waals surface area contributed by atoms with Crippen molar-refractivity contribution in [3.63, 3.8) is 0 Å². The van der Waals surface area contributed by atoms with Gasteiger partial charge in [0.2, 0.25) is 5.91 Å². The summed E-state index contributed by atoms with van der Waals surface area (Å²) in [5, 5.41) is 2.98. The largest absolute Gasteiger partial charge is 0.325 e. The highest BCUT2D eigenvalue weighted by molar-refractivity contribution is 7.98. The number of nitrogens with one attached hydrogen (secondary N) is 1. The van der Waals surface area contributed by atoms with Gasteiger partial charge in [0.1, 0.15) is 0 Å². The first-order valence-corrected chi connectivity index (χ1v) is 7.62. The molecular weight excluding hydrogens is 244 g/mol. The Bertz CT molecular complexity index is 382. The van der Waals surface area contributed by atoms with Crippen LogP contribution in [0.4, 0.5) is 5.69 Å². The number of rotatable bonds is 7. The number of para-hydroxylation sites is 1. The number of likely N-dealkylation sites (N-methyl/N-ethyl adjacent to an activating group) is 1. The van der Waals surface area contributed by atoms with Crippen LogP contribution in [0, 0.1) is 0 Å². The molecule has 3 nitrogen and oxygen atoms in total. The molecule has 0 radical (unpaired) electrons. The number of benzene rings is 1. The molecule has 0 aliphatic heterocycles. The van der Waals surface area contributed by atoms with Crippen molar-refractivity contribution in [3.05, 3.63) is 29.8 Å². The van der Waals surface area contributed by atoms with Crippen LogP contribution >= 0.6 is 11.8 Å². The van der Waals surface area contributed by atoms with Crippen molar-refractivity contribution in [2.75, 3.05) is 37.5 Å². The van der Waals surface area contributed by atoms with Crippen molar-refractivity contribution in [3.8, 4) is 0 Å². The summed E-state index contributed by atoms with van der Waals surface area (Å²) < 4.78 is 0. The molecule has 100 valence electrons. The minimum absolute atomic E-state index is 0.0551. The van der Waals surface area contributed by atoms with E-state index in [9.17, 15) is 4.79 Å². The van der Waals surface area contributed by atoms with Gasteiger partial charge in [0, 0.05) is 18.0 Å². The zero-order valence-corrected chi connectivity index (χ0v) is 12.2. The summed E-state index contributed by atoms with van der Waals surface area (Å²) >= 11 is 1.79. The molecule has 0 unspecified atom stereocenters. The minimum atomic E-state index is 0.0551. The fourth-order valence-electron chi connectivity index (χ4n) is 1.71. The van der Waals surface area contributed by atoms with Gasteiger partial charge in [0.25, 0.3) is 0 Å². The molecule has 18 heavy (non-hydrogen) atoms. The summed E-state index contributed by atoms with van der Waals surface area (Å²) in [6.07, 6.45) is 3.00. The quantitative estimate of drug-likeness (QED) is 0.823. The Hall–Kier alpha value is -1.000. The molecule has 0 heterocycles. The molecule has 0 saturated heterocycles. The van der Waals surface area contributed by atoms with E-state index in [0.29, 0.717) is 6.54 Å². The van der Waals surface area contributed by atoms with Gasteiger partial charge in [-0.15, -0.1) is 0 Å². The van der Waals surface area contributed by atoms with Crippen LogP contribution in [0.2, 0.25) is 0 Å². The summed E-state index contributed by atoms with van der Waals surface area (Å²) in [6.45, 7) is 3.47. The van der Waals surface area contributed by atoms with E-state index in [4.69, 9.17) is 0 Å². The van der Waals surface area contributed by atoms with E-state index in [2.05, 4.69) is 18.5 Å². The summed E-state index contributed by atoms with van der Waals surface area (Å²) in [6, 6.07) is 7.96. The van der Waals surface area contributed by atoms with Gasteiger partial charge in [0.15, 0.2) is 0 Å². The maximum absolute atomic E-state index is 11.9. The molecule has 1 amide bonds. The molecular formula is C14H22N2OS. The monoisotopic (exact) mass is 266 g/mol. The van der Waals surface area contributed by atoms with E-state index in [-0.39, 0.29) is 5.91 Å². The second-order valence-electron chi connectivity index (χ2n) is 4.29. The molecule has 4 heteroatoms. The van der Waals surface area contributed by atoms with Gasteiger partial charge in [0.05, 0.1) is 6.54 Å². The first-order chi connectivity index (χ1) is 8.67. The Morgan fingerprint density at radius 3 is 2.78 bits per heavy atom. The molecule has 0 aliphatic carbocycles. The Labute approximate surface area is 114 Å². The lowest BCUT2D eigenvalue weighted by atomic mass is 10.1. The standard InChI is InChI=1S/C14H22N2OS/c1-4-12-7-5-6-8-13(12)15-14(17)11-16(2)9-10-18-3/h5-8H,4,9-11H2,1-3H3,(H,15,17). The summed E-state index contributed by atoms with van der Waals surface area (Å²) in [5.41, 5.74) is 2.11. The third kappa shape index (κ3) is 5.10. The summed E-state index contributed by atoms with van der Waals surface area (Å²) in [5.74, 6) is 1.11. The van der Waals surface area contributed by atoms with Crippen LogP contribution in [-0.2, 0) is 11.2 Å². The Morgan fingerprint density at radius 2 is 2.11 bits per heavy atom. The lowest BCUT2D eigenvalue weighted by Gasteiger charge is -2.16. The first-order valence-electron chi connectivity index (χ1n) is 6.22. The first kappa shape index (κ1) is 15.1. The zero-order valence-electron chi connectivity index (χ0n) is 11.4. The van der Waals surface area contributed by atoms with Crippen LogP contribution in [0.5, 0.6) is 0 Å². The van der Waals surface area contributed by atoms with E-state index in [1.165, 1.54) is 5.56 Å². The highest BCUT2D eigenvalue weighted by Gasteiger charge is 2.08. The molecule has 1 rings (SSSR count). The fraction of sp³-hybridized carbons (Fsp3) is 0.500. The Balaban J connectivity index is 2.49. The molecule has 0 spiro atoms. The average Bonchev–Trinajstić information content (AvgIpc) is 2.36. The van der Waals surface area contributed by atoms with Gasteiger partial charge in [-0.25, -0.2) is 0 Å². The number of amides is 1. The Morgan fingerprint density at radius 1 is 1.39 bits per heavy atom. The smallest absolute Gasteiger partial charge is 0.238 e. The van der Waals surface area contributed by atoms with Crippen LogP contribution in [0.1, 0.15) is 12.5 Å². The number of nitrogens with zero attached hydrogens (tertiary/aromatic N) is 1. The van der Waals surface area contributed by atoms with E-state index >= 15 is 0 Å². The highest BCUT2D eigenvalue weighted by atomic mass is 32.2. The topological polar surface area (TPSA) is 32.3 Å². The number of hydrogen-bond acceptors (Lipinski definition) is 3. The van der Waals surface area contributed by atoms with Gasteiger partial charge in [-0.2, -0.15) is 11.8 Å².